The van der Waals surface area contributed by atoms with E-state index in [-0.39, 0.29) is 12.5 Å². The molecule has 1 aliphatic rings. The Kier molecular flexibility index (Phi) is 44.0. The second-order valence-corrected chi connectivity index (χ2v) is 19.7. The van der Waals surface area contributed by atoms with E-state index in [1.54, 1.807) is 6.08 Å². The molecule has 384 valence electrons. The lowest BCUT2D eigenvalue weighted by atomic mass is 9.99. The number of carbonyl (C=O) groups excluding carboxylic acids is 1. The molecule has 9 nitrogen and oxygen atoms in total. The minimum Gasteiger partial charge on any atom is -0.394 e. The third-order valence-corrected chi connectivity index (χ3v) is 13.5. The number of unbranched alkanes of at least 4 members (excludes halogenated alkanes) is 36. The van der Waals surface area contributed by atoms with Crippen LogP contribution in [-0.4, -0.2) is 87.5 Å². The third kappa shape index (κ3) is 36.3. The Hall–Kier alpha value is -1.33. The van der Waals surface area contributed by atoms with Crippen molar-refractivity contribution < 1.29 is 39.8 Å². The molecule has 1 aliphatic heterocycles. The zero-order chi connectivity index (χ0) is 47.3. The van der Waals surface area contributed by atoms with E-state index in [9.17, 15) is 30.3 Å². The van der Waals surface area contributed by atoms with Crippen LogP contribution in [0.3, 0.4) is 0 Å². The van der Waals surface area contributed by atoms with Gasteiger partial charge < -0.3 is 40.3 Å². The van der Waals surface area contributed by atoms with Crippen molar-refractivity contribution in [2.45, 2.75) is 314 Å². The maximum Gasteiger partial charge on any atom is 0.220 e. The first-order chi connectivity index (χ1) is 31.8. The van der Waals surface area contributed by atoms with E-state index in [2.05, 4.69) is 31.3 Å². The standard InChI is InChI=1S/C56H107NO8/c1-3-5-7-9-11-13-14-15-16-17-18-19-20-21-22-23-24-25-26-27-28-29-30-31-32-33-34-35-36-38-39-41-43-45-50(59)49(48-64-56-55(63)54(62)53(61)51(47-58)65-56)57-52(60)46-44-42-40-37-12-10-8-6-4-2/h36,38,43,45,49-51,53-56,58-59,61-63H,3-35,37,39-42,44,46-48H2,1-2H3,(H,57,60)/b38-36+,45-43+. The molecule has 7 atom stereocenters. The van der Waals surface area contributed by atoms with Gasteiger partial charge in [-0.3, -0.25) is 4.79 Å². The summed E-state index contributed by atoms with van der Waals surface area (Å²) in [6.07, 6.45) is 51.5. The van der Waals surface area contributed by atoms with Crippen LogP contribution in [0, 0.1) is 0 Å². The first-order valence-corrected chi connectivity index (χ1v) is 28.1. The maximum absolute atomic E-state index is 12.9. The Balaban J connectivity index is 2.11. The van der Waals surface area contributed by atoms with Gasteiger partial charge in [-0.1, -0.05) is 256 Å². The zero-order valence-corrected chi connectivity index (χ0v) is 42.5. The molecular weight excluding hydrogens is 815 g/mol. The van der Waals surface area contributed by atoms with Crippen molar-refractivity contribution in [1.29, 1.82) is 0 Å². The van der Waals surface area contributed by atoms with Gasteiger partial charge in [0, 0.05) is 6.42 Å². The van der Waals surface area contributed by atoms with Gasteiger partial charge in [0.05, 0.1) is 25.4 Å². The molecule has 1 saturated heterocycles. The molecule has 9 heteroatoms. The minimum atomic E-state index is -1.57. The van der Waals surface area contributed by atoms with Crippen LogP contribution < -0.4 is 5.32 Å². The van der Waals surface area contributed by atoms with E-state index in [0.717, 1.165) is 38.5 Å². The molecule has 0 aliphatic carbocycles. The van der Waals surface area contributed by atoms with Crippen molar-refractivity contribution >= 4 is 5.91 Å². The fourth-order valence-corrected chi connectivity index (χ4v) is 9.06. The van der Waals surface area contributed by atoms with Gasteiger partial charge >= 0.3 is 0 Å². The van der Waals surface area contributed by atoms with Crippen molar-refractivity contribution in [2.24, 2.45) is 0 Å². The lowest BCUT2D eigenvalue weighted by Crippen LogP contribution is -2.60. The summed E-state index contributed by atoms with van der Waals surface area (Å²) in [5.74, 6) is -0.188. The summed E-state index contributed by atoms with van der Waals surface area (Å²) in [6.45, 7) is 3.75. The number of allylic oxidation sites excluding steroid dienone is 3. The second-order valence-electron chi connectivity index (χ2n) is 19.7. The van der Waals surface area contributed by atoms with Crippen LogP contribution in [0.4, 0.5) is 0 Å². The Bertz CT molecular complexity index is 1070. The van der Waals surface area contributed by atoms with Crippen LogP contribution in [0.5, 0.6) is 0 Å². The van der Waals surface area contributed by atoms with Crippen molar-refractivity contribution in [1.82, 2.24) is 5.32 Å². The molecule has 0 aromatic rings. The minimum absolute atomic E-state index is 0.188. The lowest BCUT2D eigenvalue weighted by Gasteiger charge is -2.40. The first kappa shape index (κ1) is 61.7. The third-order valence-electron chi connectivity index (χ3n) is 13.5. The highest BCUT2D eigenvalue weighted by Crippen LogP contribution is 2.23. The van der Waals surface area contributed by atoms with E-state index in [1.807, 2.05) is 6.08 Å². The number of rotatable bonds is 48. The summed E-state index contributed by atoms with van der Waals surface area (Å²) < 4.78 is 11.2. The fourth-order valence-electron chi connectivity index (χ4n) is 9.06. The topological polar surface area (TPSA) is 149 Å². The van der Waals surface area contributed by atoms with Crippen LogP contribution >= 0.6 is 0 Å². The highest BCUT2D eigenvalue weighted by atomic mass is 16.7. The molecule has 1 rings (SSSR count). The molecule has 65 heavy (non-hydrogen) atoms. The average molecular weight is 922 g/mol. The van der Waals surface area contributed by atoms with E-state index in [0.29, 0.717) is 6.42 Å². The van der Waals surface area contributed by atoms with E-state index < -0.39 is 49.5 Å². The largest absolute Gasteiger partial charge is 0.394 e. The summed E-state index contributed by atoms with van der Waals surface area (Å²) in [6, 6.07) is -0.816. The Labute approximate surface area is 400 Å². The number of hydrogen-bond donors (Lipinski definition) is 6. The molecule has 1 amide bonds. The van der Waals surface area contributed by atoms with Gasteiger partial charge in [-0.15, -0.1) is 0 Å². The van der Waals surface area contributed by atoms with Crippen LogP contribution in [0.1, 0.15) is 271 Å². The van der Waals surface area contributed by atoms with Crippen LogP contribution in [0.25, 0.3) is 0 Å². The Morgan fingerprint density at radius 2 is 0.877 bits per heavy atom. The quantitative estimate of drug-likeness (QED) is 0.0261. The number of ether oxygens (including phenoxy) is 2. The molecule has 6 N–H and O–H groups in total. The zero-order valence-electron chi connectivity index (χ0n) is 42.5. The number of hydrogen-bond acceptors (Lipinski definition) is 8. The molecule has 0 bridgehead atoms. The number of carbonyl (C=O) groups is 1. The molecule has 1 fully saturated rings. The van der Waals surface area contributed by atoms with Gasteiger partial charge in [-0.2, -0.15) is 0 Å². The summed E-state index contributed by atoms with van der Waals surface area (Å²) in [5, 5.41) is 54.2. The van der Waals surface area contributed by atoms with Crippen LogP contribution in [-0.2, 0) is 14.3 Å². The van der Waals surface area contributed by atoms with E-state index in [4.69, 9.17) is 9.47 Å². The summed E-state index contributed by atoms with van der Waals surface area (Å²) >= 11 is 0. The highest BCUT2D eigenvalue weighted by Gasteiger charge is 2.44. The number of amides is 1. The van der Waals surface area contributed by atoms with Gasteiger partial charge in [0.2, 0.25) is 5.91 Å². The molecule has 0 aromatic heterocycles. The van der Waals surface area contributed by atoms with Gasteiger partial charge in [0.25, 0.3) is 0 Å². The molecule has 0 radical (unpaired) electrons. The number of nitrogens with one attached hydrogen (secondary N) is 1. The first-order valence-electron chi connectivity index (χ1n) is 28.1. The molecule has 0 aromatic carbocycles. The molecule has 0 spiro atoms. The monoisotopic (exact) mass is 922 g/mol. The number of aliphatic hydroxyl groups excluding tert-OH is 5. The average Bonchev–Trinajstić information content (AvgIpc) is 3.31. The molecular formula is C56H107NO8. The normalized spacial score (nSPS) is 20.0. The summed E-state index contributed by atoms with van der Waals surface area (Å²) in [4.78, 5) is 12.9. The predicted molar refractivity (Wildman–Crippen MR) is 272 cm³/mol. The smallest absolute Gasteiger partial charge is 0.220 e. The van der Waals surface area contributed by atoms with Gasteiger partial charge in [0.1, 0.15) is 24.4 Å². The fraction of sp³-hybridized carbons (Fsp3) is 0.911. The maximum atomic E-state index is 12.9. The summed E-state index contributed by atoms with van der Waals surface area (Å²) in [5.41, 5.74) is 0. The van der Waals surface area contributed by atoms with Gasteiger partial charge in [-0.25, -0.2) is 0 Å². The van der Waals surface area contributed by atoms with Crippen LogP contribution in [0.2, 0.25) is 0 Å². The SMILES string of the molecule is CCCCCCCCCCCCCCCCCCCCCCCCCCCCC/C=C/CC/C=C/C(O)C(COC1OC(CO)C(O)C(O)C1O)NC(=O)CCCCCCCCCCC. The highest BCUT2D eigenvalue weighted by molar-refractivity contribution is 5.76. The predicted octanol–water partition coefficient (Wildman–Crippen LogP) is 13.4. The van der Waals surface area contributed by atoms with Crippen molar-refractivity contribution in [3.05, 3.63) is 24.3 Å². The van der Waals surface area contributed by atoms with Crippen molar-refractivity contribution in [2.75, 3.05) is 13.2 Å². The molecule has 7 unspecified atom stereocenters. The van der Waals surface area contributed by atoms with Crippen molar-refractivity contribution in [3.8, 4) is 0 Å². The number of aliphatic hydroxyl groups is 5. The van der Waals surface area contributed by atoms with Crippen LogP contribution in [0.15, 0.2) is 24.3 Å². The Morgan fingerprint density at radius 1 is 0.508 bits per heavy atom. The second kappa shape index (κ2) is 46.4. The van der Waals surface area contributed by atoms with Gasteiger partial charge in [0.15, 0.2) is 6.29 Å². The Morgan fingerprint density at radius 3 is 1.29 bits per heavy atom. The molecule has 0 saturated carbocycles. The lowest BCUT2D eigenvalue weighted by molar-refractivity contribution is -0.302. The van der Waals surface area contributed by atoms with E-state index >= 15 is 0 Å². The summed E-state index contributed by atoms with van der Waals surface area (Å²) in [7, 11) is 0. The van der Waals surface area contributed by atoms with Crippen molar-refractivity contribution in [3.63, 3.8) is 0 Å². The van der Waals surface area contributed by atoms with E-state index in [1.165, 1.54) is 212 Å². The van der Waals surface area contributed by atoms with Gasteiger partial charge in [-0.05, 0) is 32.1 Å². The molecule has 1 heterocycles.